The highest BCUT2D eigenvalue weighted by Gasteiger charge is 2.24. The van der Waals surface area contributed by atoms with Gasteiger partial charge in [-0.15, -0.1) is 11.3 Å². The molecule has 11 aromatic rings. The van der Waals surface area contributed by atoms with E-state index in [1.165, 1.54) is 63.9 Å². The SMILES string of the molecule is C/C1=C(c2ccccc2)/N=C(n2c3ccccc3c3ccc4c5ccccc5n(-c5ccccc5)c4c32)\N=C(\c2ccc3c(c2)sc2cc(-c4ccccc4)ccc23)CC1. The Bertz CT molecular complexity index is 3580. The number of rotatable bonds is 4. The minimum atomic E-state index is 0.662. The van der Waals surface area contributed by atoms with Crippen molar-refractivity contribution in [3.8, 4) is 16.8 Å². The number of thiophene rings is 1. The molecule has 0 N–H and O–H groups in total. The maximum atomic E-state index is 5.73. The van der Waals surface area contributed by atoms with E-state index in [9.17, 15) is 0 Å². The van der Waals surface area contributed by atoms with Crippen LogP contribution in [0, 0.1) is 0 Å². The molecule has 0 saturated heterocycles. The van der Waals surface area contributed by atoms with Gasteiger partial charge in [0.2, 0.25) is 5.96 Å². The molecular formula is C55H38N4S. The molecular weight excluding hydrogens is 749 g/mol. The van der Waals surface area contributed by atoms with E-state index in [1.54, 1.807) is 0 Å². The lowest BCUT2D eigenvalue weighted by Crippen LogP contribution is -2.16. The number of aromatic nitrogens is 2. The number of aliphatic imine (C=N–C) groups is 2. The average molecular weight is 787 g/mol. The van der Waals surface area contributed by atoms with Gasteiger partial charge in [0, 0.05) is 53.0 Å². The fourth-order valence-electron chi connectivity index (χ4n) is 9.36. The van der Waals surface area contributed by atoms with Gasteiger partial charge in [-0.25, -0.2) is 9.98 Å². The molecule has 4 heterocycles. The fourth-order valence-corrected chi connectivity index (χ4v) is 10.5. The summed E-state index contributed by atoms with van der Waals surface area (Å²) < 4.78 is 7.32. The molecule has 3 aromatic heterocycles. The first-order valence-electron chi connectivity index (χ1n) is 20.6. The Labute approximate surface area is 351 Å². The summed E-state index contributed by atoms with van der Waals surface area (Å²) >= 11 is 1.86. The molecule has 0 atom stereocenters. The number of nitrogens with zero attached hydrogens (tertiary/aromatic N) is 4. The van der Waals surface area contributed by atoms with Crippen molar-refractivity contribution in [3.05, 3.63) is 205 Å². The molecule has 0 spiro atoms. The first kappa shape index (κ1) is 34.7. The fraction of sp³-hybridized carbons (Fsp3) is 0.0545. The standard InChI is InChI=1S/C55H38N4S/c1-35-25-32-47(39-27-29-44-43-28-26-38(36-15-5-2-6-16-36)33-50(43)60-51(44)34-39)56-55(57-52(35)37-17-7-3-8-18-37)59-49-24-14-12-22-42(49)46-31-30-45-41-21-11-13-23-48(41)58(53(45)54(46)59)40-19-9-4-10-20-40/h2-24,26-31,33-34H,25,32H2,1H3/b52-35-,56-47+,57-55+. The van der Waals surface area contributed by atoms with E-state index >= 15 is 0 Å². The third kappa shape index (κ3) is 5.50. The van der Waals surface area contributed by atoms with Gasteiger partial charge in [-0.3, -0.25) is 4.57 Å². The van der Waals surface area contributed by atoms with E-state index in [0.29, 0.717) is 5.96 Å². The Balaban J connectivity index is 1.14. The number of allylic oxidation sites excluding steroid dienone is 1. The zero-order valence-corrected chi connectivity index (χ0v) is 33.8. The number of para-hydroxylation sites is 3. The number of hydrogen-bond donors (Lipinski definition) is 0. The van der Waals surface area contributed by atoms with Crippen LogP contribution in [0.2, 0.25) is 0 Å². The van der Waals surface area contributed by atoms with Gasteiger partial charge in [-0.05, 0) is 78.4 Å². The first-order chi connectivity index (χ1) is 29.7. The van der Waals surface area contributed by atoms with Crippen molar-refractivity contribution in [2.24, 2.45) is 9.98 Å². The van der Waals surface area contributed by atoms with Gasteiger partial charge < -0.3 is 4.57 Å². The Morgan fingerprint density at radius 2 is 0.933 bits per heavy atom. The van der Waals surface area contributed by atoms with Crippen LogP contribution in [0.25, 0.3) is 86.3 Å². The lowest BCUT2D eigenvalue weighted by molar-refractivity contribution is 0.998. The maximum absolute atomic E-state index is 5.73. The molecule has 5 heteroatoms. The summed E-state index contributed by atoms with van der Waals surface area (Å²) in [6, 6.07) is 67.9. The van der Waals surface area contributed by atoms with Crippen molar-refractivity contribution in [3.63, 3.8) is 0 Å². The summed E-state index contributed by atoms with van der Waals surface area (Å²) in [6.45, 7) is 2.24. The van der Waals surface area contributed by atoms with Gasteiger partial charge in [0.05, 0.1) is 33.5 Å². The van der Waals surface area contributed by atoms with Gasteiger partial charge in [0.1, 0.15) is 0 Å². The van der Waals surface area contributed by atoms with Crippen LogP contribution in [0.3, 0.4) is 0 Å². The zero-order chi connectivity index (χ0) is 39.7. The Kier molecular flexibility index (Phi) is 8.03. The van der Waals surface area contributed by atoms with E-state index in [4.69, 9.17) is 9.98 Å². The van der Waals surface area contributed by atoms with E-state index in [1.807, 2.05) is 11.3 Å². The summed E-state index contributed by atoms with van der Waals surface area (Å²) in [6.07, 6.45) is 1.64. The van der Waals surface area contributed by atoms with Crippen molar-refractivity contribution >= 4 is 92.5 Å². The Morgan fingerprint density at radius 1 is 0.417 bits per heavy atom. The van der Waals surface area contributed by atoms with Crippen LogP contribution in [-0.4, -0.2) is 20.8 Å². The minimum absolute atomic E-state index is 0.662. The van der Waals surface area contributed by atoms with Crippen LogP contribution in [0.1, 0.15) is 30.9 Å². The smallest absolute Gasteiger partial charge is 0.235 e. The maximum Gasteiger partial charge on any atom is 0.235 e. The third-order valence-corrected chi connectivity index (χ3v) is 13.3. The molecule has 0 bridgehead atoms. The second-order valence-corrected chi connectivity index (χ2v) is 16.8. The zero-order valence-electron chi connectivity index (χ0n) is 33.0. The summed E-state index contributed by atoms with van der Waals surface area (Å²) in [5, 5.41) is 7.32. The van der Waals surface area contributed by atoms with Gasteiger partial charge in [0.25, 0.3) is 0 Å². The highest BCUT2D eigenvalue weighted by molar-refractivity contribution is 7.25. The third-order valence-electron chi connectivity index (χ3n) is 12.2. The normalized spacial score (nSPS) is 16.7. The minimum Gasteiger partial charge on any atom is -0.307 e. The van der Waals surface area contributed by atoms with Gasteiger partial charge in [-0.2, -0.15) is 0 Å². The molecule has 0 aliphatic carbocycles. The van der Waals surface area contributed by atoms with Crippen molar-refractivity contribution < 1.29 is 0 Å². The Morgan fingerprint density at radius 3 is 1.60 bits per heavy atom. The topological polar surface area (TPSA) is 34.6 Å². The molecule has 1 aliphatic heterocycles. The largest absolute Gasteiger partial charge is 0.307 e. The van der Waals surface area contributed by atoms with Crippen LogP contribution in [0.4, 0.5) is 0 Å². The summed E-state index contributed by atoms with van der Waals surface area (Å²) in [5.41, 5.74) is 13.5. The lowest BCUT2D eigenvalue weighted by atomic mass is 9.98. The molecule has 60 heavy (non-hydrogen) atoms. The molecule has 4 nitrogen and oxygen atoms in total. The molecule has 12 rings (SSSR count). The number of hydrogen-bond acceptors (Lipinski definition) is 3. The molecule has 0 amide bonds. The van der Waals surface area contributed by atoms with Crippen molar-refractivity contribution in [1.29, 1.82) is 0 Å². The van der Waals surface area contributed by atoms with Crippen molar-refractivity contribution in [2.45, 2.75) is 19.8 Å². The van der Waals surface area contributed by atoms with Crippen LogP contribution in [0.5, 0.6) is 0 Å². The monoisotopic (exact) mass is 786 g/mol. The van der Waals surface area contributed by atoms with Crippen LogP contribution in [0.15, 0.2) is 204 Å². The predicted octanol–water partition coefficient (Wildman–Crippen LogP) is 14.8. The molecule has 1 aliphatic rings. The first-order valence-corrected chi connectivity index (χ1v) is 21.4. The van der Waals surface area contributed by atoms with E-state index in [-0.39, 0.29) is 0 Å². The number of benzene rings is 8. The average Bonchev–Trinajstić information content (AvgIpc) is 3.96. The Hall–Kier alpha value is -7.34. The highest BCUT2D eigenvalue weighted by atomic mass is 32.1. The van der Waals surface area contributed by atoms with E-state index in [2.05, 4.69) is 204 Å². The second-order valence-electron chi connectivity index (χ2n) is 15.8. The molecule has 0 unspecified atom stereocenters. The summed E-state index contributed by atoms with van der Waals surface area (Å²) in [4.78, 5) is 11.4. The lowest BCUT2D eigenvalue weighted by Gasteiger charge is -2.18. The molecule has 0 saturated carbocycles. The van der Waals surface area contributed by atoms with E-state index < -0.39 is 0 Å². The highest BCUT2D eigenvalue weighted by Crippen LogP contribution is 2.42. The molecule has 0 radical (unpaired) electrons. The van der Waals surface area contributed by atoms with Crippen molar-refractivity contribution in [2.75, 3.05) is 0 Å². The van der Waals surface area contributed by atoms with E-state index in [0.717, 1.165) is 57.6 Å². The molecule has 0 fully saturated rings. The van der Waals surface area contributed by atoms with Gasteiger partial charge in [-0.1, -0.05) is 152 Å². The second kappa shape index (κ2) is 13.9. The van der Waals surface area contributed by atoms with Gasteiger partial charge in [0.15, 0.2) is 0 Å². The molecule has 8 aromatic carbocycles. The quantitative estimate of drug-likeness (QED) is 0.170. The van der Waals surface area contributed by atoms with Gasteiger partial charge >= 0.3 is 0 Å². The predicted molar refractivity (Wildman–Crippen MR) is 256 cm³/mol. The van der Waals surface area contributed by atoms with Crippen LogP contribution in [-0.2, 0) is 0 Å². The number of fused-ring (bicyclic) bond motifs is 10. The van der Waals surface area contributed by atoms with Crippen LogP contribution >= 0.6 is 11.3 Å². The summed E-state index contributed by atoms with van der Waals surface area (Å²) in [7, 11) is 0. The van der Waals surface area contributed by atoms with Crippen LogP contribution < -0.4 is 0 Å². The summed E-state index contributed by atoms with van der Waals surface area (Å²) in [5.74, 6) is 0.662. The molecule has 284 valence electrons. The van der Waals surface area contributed by atoms with Crippen molar-refractivity contribution in [1.82, 2.24) is 9.13 Å².